The summed E-state index contributed by atoms with van der Waals surface area (Å²) in [7, 11) is -4.55. The lowest BCUT2D eigenvalue weighted by molar-refractivity contribution is -0.114. The van der Waals surface area contributed by atoms with Crippen molar-refractivity contribution < 1.29 is 36.3 Å². The van der Waals surface area contributed by atoms with Gasteiger partial charge in [-0.25, -0.2) is 26.4 Å². The molecule has 0 unspecified atom stereocenters. The zero-order chi connectivity index (χ0) is 26.9. The van der Waals surface area contributed by atoms with Crippen LogP contribution in [-0.2, 0) is 14.8 Å². The van der Waals surface area contributed by atoms with Gasteiger partial charge in [-0.1, -0.05) is 18.2 Å². The molecule has 0 bridgehead atoms. The second-order valence-corrected chi connectivity index (χ2v) is 9.99. The van der Waals surface area contributed by atoms with E-state index in [1.807, 2.05) is 5.32 Å². The maximum atomic E-state index is 14.1. The number of rotatable bonds is 7. The van der Waals surface area contributed by atoms with Crippen molar-refractivity contribution in [2.45, 2.75) is 32.6 Å². The minimum atomic E-state index is -4.55. The third kappa shape index (κ3) is 4.92. The van der Waals surface area contributed by atoms with Crippen LogP contribution in [0.4, 0.5) is 24.5 Å². The molecule has 2 N–H and O–H groups in total. The van der Waals surface area contributed by atoms with Gasteiger partial charge in [-0.2, -0.15) is 0 Å². The number of para-hydroxylation sites is 1. The number of amides is 1. The van der Waals surface area contributed by atoms with E-state index in [0.717, 1.165) is 6.07 Å². The van der Waals surface area contributed by atoms with Crippen molar-refractivity contribution in [2.24, 2.45) is 0 Å². The molecule has 3 aromatic rings. The van der Waals surface area contributed by atoms with E-state index in [1.54, 1.807) is 33.8 Å². The molecule has 0 spiro atoms. The number of sulfonamides is 1. The summed E-state index contributed by atoms with van der Waals surface area (Å²) in [5.74, 6) is -7.49. The average Bonchev–Trinajstić information content (AvgIpc) is 2.81. The number of carboxylic acids is 1. The molecule has 0 saturated carbocycles. The fourth-order valence-electron chi connectivity index (χ4n) is 3.79. The van der Waals surface area contributed by atoms with Gasteiger partial charge >= 0.3 is 5.97 Å². The van der Waals surface area contributed by atoms with Gasteiger partial charge in [0, 0.05) is 0 Å². The molecule has 0 aliphatic rings. The van der Waals surface area contributed by atoms with Gasteiger partial charge in [-0.3, -0.25) is 9.10 Å². The Morgan fingerprint density at radius 3 is 2.08 bits per heavy atom. The minimum absolute atomic E-state index is 0.105. The Morgan fingerprint density at radius 2 is 1.50 bits per heavy atom. The minimum Gasteiger partial charge on any atom is -0.478 e. The summed E-state index contributed by atoms with van der Waals surface area (Å²) in [6, 6.07) is 8.38. The highest BCUT2D eigenvalue weighted by Gasteiger charge is 2.33. The lowest BCUT2D eigenvalue weighted by atomic mass is 10.0. The Balaban J connectivity index is 2.17. The van der Waals surface area contributed by atoms with E-state index in [0.29, 0.717) is 32.6 Å². The van der Waals surface area contributed by atoms with Crippen molar-refractivity contribution in [3.05, 3.63) is 87.7 Å². The number of hydrogen-bond acceptors (Lipinski definition) is 4. The quantitative estimate of drug-likeness (QED) is 0.433. The van der Waals surface area contributed by atoms with Crippen LogP contribution in [0.3, 0.4) is 0 Å². The van der Waals surface area contributed by atoms with Crippen LogP contribution in [0.15, 0.2) is 47.4 Å². The first-order valence-electron chi connectivity index (χ1n) is 10.6. The van der Waals surface area contributed by atoms with E-state index in [2.05, 4.69) is 0 Å². The van der Waals surface area contributed by atoms with Crippen molar-refractivity contribution in [3.8, 4) is 0 Å². The van der Waals surface area contributed by atoms with Gasteiger partial charge in [0.2, 0.25) is 5.91 Å². The highest BCUT2D eigenvalue weighted by Crippen LogP contribution is 2.33. The van der Waals surface area contributed by atoms with Gasteiger partial charge < -0.3 is 10.4 Å². The first-order valence-corrected chi connectivity index (χ1v) is 12.1. The molecule has 0 radical (unpaired) electrons. The van der Waals surface area contributed by atoms with Gasteiger partial charge in [0.25, 0.3) is 10.0 Å². The molecule has 11 heteroatoms. The normalized spacial score (nSPS) is 11.3. The molecule has 190 valence electrons. The third-order valence-corrected chi connectivity index (χ3v) is 7.88. The fourth-order valence-corrected chi connectivity index (χ4v) is 5.81. The number of carbonyl (C=O) groups is 2. The molecule has 0 heterocycles. The summed E-state index contributed by atoms with van der Waals surface area (Å²) < 4.78 is 69.5. The van der Waals surface area contributed by atoms with Gasteiger partial charge in [0.15, 0.2) is 17.5 Å². The number of aryl methyl sites for hydroxylation is 2. The van der Waals surface area contributed by atoms with Crippen LogP contribution >= 0.6 is 0 Å². The summed E-state index contributed by atoms with van der Waals surface area (Å²) >= 11 is 0. The van der Waals surface area contributed by atoms with E-state index in [9.17, 15) is 36.3 Å². The van der Waals surface area contributed by atoms with Crippen molar-refractivity contribution in [1.29, 1.82) is 0 Å². The fraction of sp³-hybridized carbons (Fsp3) is 0.200. The van der Waals surface area contributed by atoms with Crippen LogP contribution in [0, 0.1) is 45.1 Å². The van der Waals surface area contributed by atoms with Gasteiger partial charge in [0.05, 0.1) is 21.8 Å². The molecular formula is C25H23F3N2O5S. The smallest absolute Gasteiger partial charge is 0.337 e. The van der Waals surface area contributed by atoms with Gasteiger partial charge in [-0.15, -0.1) is 0 Å². The predicted molar refractivity (Wildman–Crippen MR) is 128 cm³/mol. The first-order chi connectivity index (χ1) is 16.8. The van der Waals surface area contributed by atoms with E-state index in [4.69, 9.17) is 0 Å². The maximum absolute atomic E-state index is 14.1. The molecule has 0 fully saturated rings. The Labute approximate surface area is 206 Å². The Bertz CT molecular complexity index is 1460. The first kappa shape index (κ1) is 26.7. The monoisotopic (exact) mass is 520 g/mol. The molecule has 3 aromatic carbocycles. The Morgan fingerprint density at radius 1 is 0.917 bits per heavy atom. The molecule has 1 amide bonds. The van der Waals surface area contributed by atoms with E-state index < -0.39 is 57.1 Å². The van der Waals surface area contributed by atoms with Crippen LogP contribution < -0.4 is 9.62 Å². The van der Waals surface area contributed by atoms with E-state index >= 15 is 0 Å². The van der Waals surface area contributed by atoms with Crippen molar-refractivity contribution in [3.63, 3.8) is 0 Å². The highest BCUT2D eigenvalue weighted by molar-refractivity contribution is 7.93. The second kappa shape index (κ2) is 10.0. The second-order valence-electron chi connectivity index (χ2n) is 8.19. The summed E-state index contributed by atoms with van der Waals surface area (Å²) in [6.45, 7) is 5.64. The number of carboxylic acid groups (broad SMARTS) is 1. The molecule has 0 saturated heterocycles. The van der Waals surface area contributed by atoms with Crippen LogP contribution in [0.2, 0.25) is 0 Å². The number of halogens is 3. The molecular weight excluding hydrogens is 497 g/mol. The van der Waals surface area contributed by atoms with Gasteiger partial charge in [0.1, 0.15) is 6.54 Å². The number of nitrogens with one attached hydrogen (secondary N) is 1. The highest BCUT2D eigenvalue weighted by atomic mass is 32.2. The molecule has 0 atom stereocenters. The van der Waals surface area contributed by atoms with Crippen LogP contribution in [0.5, 0.6) is 0 Å². The lowest BCUT2D eigenvalue weighted by Gasteiger charge is -2.28. The summed E-state index contributed by atoms with van der Waals surface area (Å²) in [5.41, 5.74) is 0.733. The SMILES string of the molecule is Cc1cc(C)c(C)c(S(=O)(=O)N(CC(=O)Nc2ccc(F)c(F)c2F)c2ccccc2C(=O)O)c1C. The maximum Gasteiger partial charge on any atom is 0.337 e. The summed E-state index contributed by atoms with van der Waals surface area (Å²) in [6.07, 6.45) is 0. The molecule has 3 rings (SSSR count). The average molecular weight is 521 g/mol. The largest absolute Gasteiger partial charge is 0.478 e. The van der Waals surface area contributed by atoms with Crippen LogP contribution in [-0.4, -0.2) is 31.9 Å². The number of nitrogens with zero attached hydrogens (tertiary/aromatic N) is 1. The topological polar surface area (TPSA) is 104 Å². The molecule has 36 heavy (non-hydrogen) atoms. The number of aromatic carboxylic acids is 1. The standard InChI is InChI=1S/C25H23F3N2O5S/c1-13-11-14(2)16(4)24(15(13)3)36(34,35)30(20-8-6-5-7-17(20)25(32)33)12-21(31)29-19-10-9-18(26)22(27)23(19)28/h5-11H,12H2,1-4H3,(H,29,31)(H,32,33). The van der Waals surface area contributed by atoms with Crippen molar-refractivity contribution in [2.75, 3.05) is 16.2 Å². The number of hydrogen-bond donors (Lipinski definition) is 2. The molecule has 0 aliphatic carbocycles. The molecule has 0 aliphatic heterocycles. The predicted octanol–water partition coefficient (Wildman–Crippen LogP) is 4.87. The van der Waals surface area contributed by atoms with E-state index in [1.165, 1.54) is 24.3 Å². The van der Waals surface area contributed by atoms with Gasteiger partial charge in [-0.05, 0) is 74.2 Å². The summed E-state index contributed by atoms with van der Waals surface area (Å²) in [4.78, 5) is 24.6. The molecule has 0 aromatic heterocycles. The number of carbonyl (C=O) groups excluding carboxylic acids is 1. The molecule has 7 nitrogen and oxygen atoms in total. The number of anilines is 2. The lowest BCUT2D eigenvalue weighted by Crippen LogP contribution is -2.40. The van der Waals surface area contributed by atoms with Crippen molar-refractivity contribution in [1.82, 2.24) is 0 Å². The third-order valence-electron chi connectivity index (χ3n) is 5.84. The Kier molecular flexibility index (Phi) is 7.44. The Hall–Kier alpha value is -3.86. The van der Waals surface area contributed by atoms with Crippen molar-refractivity contribution >= 4 is 33.3 Å². The zero-order valence-electron chi connectivity index (χ0n) is 19.8. The van der Waals surface area contributed by atoms with Crippen LogP contribution in [0.1, 0.15) is 32.6 Å². The zero-order valence-corrected chi connectivity index (χ0v) is 20.6. The van der Waals surface area contributed by atoms with E-state index in [-0.39, 0.29) is 10.6 Å². The van der Waals surface area contributed by atoms with Crippen LogP contribution in [0.25, 0.3) is 0 Å². The summed E-state index contributed by atoms with van der Waals surface area (Å²) in [5, 5.41) is 11.7. The number of benzene rings is 3.